The van der Waals surface area contributed by atoms with Crippen molar-refractivity contribution in [1.29, 1.82) is 0 Å². The van der Waals surface area contributed by atoms with Crippen molar-refractivity contribution in [1.82, 2.24) is 19.7 Å². The summed E-state index contributed by atoms with van der Waals surface area (Å²) in [6, 6.07) is 9.63. The van der Waals surface area contributed by atoms with Gasteiger partial charge in [0.1, 0.15) is 22.9 Å². The summed E-state index contributed by atoms with van der Waals surface area (Å²) in [4.78, 5) is 29.4. The highest BCUT2D eigenvalue weighted by Gasteiger charge is 2.34. The van der Waals surface area contributed by atoms with E-state index in [1.54, 1.807) is 40.0 Å². The number of halogens is 1. The van der Waals surface area contributed by atoms with Gasteiger partial charge in [0, 0.05) is 24.3 Å². The fourth-order valence-corrected chi connectivity index (χ4v) is 3.91. The first-order chi connectivity index (χ1) is 14.3. The van der Waals surface area contributed by atoms with Crippen LogP contribution in [0.15, 0.2) is 42.6 Å². The van der Waals surface area contributed by atoms with E-state index in [2.05, 4.69) is 23.9 Å². The fourth-order valence-electron chi connectivity index (χ4n) is 3.91. The predicted molar refractivity (Wildman–Crippen MR) is 108 cm³/mol. The number of aromatic amines is 1. The van der Waals surface area contributed by atoms with Crippen molar-refractivity contribution in [2.75, 3.05) is 13.7 Å². The predicted octanol–water partition coefficient (Wildman–Crippen LogP) is 3.35. The summed E-state index contributed by atoms with van der Waals surface area (Å²) in [5.74, 6) is -1.09. The first kappa shape index (κ1) is 19.9. The van der Waals surface area contributed by atoms with Gasteiger partial charge in [-0.1, -0.05) is 26.0 Å². The molecular formula is C22H23FN4O3. The molecule has 1 N–H and O–H groups in total. The highest BCUT2D eigenvalue weighted by Crippen LogP contribution is 2.32. The van der Waals surface area contributed by atoms with Crippen molar-refractivity contribution in [2.45, 2.75) is 26.8 Å². The Morgan fingerprint density at radius 3 is 2.63 bits per heavy atom. The number of hydrogen-bond acceptors (Lipinski definition) is 4. The number of carbonyl (C=O) groups excluding carboxylic acids is 2. The molecule has 1 aliphatic heterocycles. The molecule has 3 heterocycles. The van der Waals surface area contributed by atoms with Crippen LogP contribution in [0.5, 0.6) is 0 Å². The summed E-state index contributed by atoms with van der Waals surface area (Å²) in [6.07, 6.45) is 2.33. The Bertz CT molecular complexity index is 1120. The van der Waals surface area contributed by atoms with Gasteiger partial charge in [-0.2, -0.15) is 5.10 Å². The zero-order valence-electron chi connectivity index (χ0n) is 17.1. The molecule has 3 aromatic rings. The Morgan fingerprint density at radius 2 is 1.90 bits per heavy atom. The van der Waals surface area contributed by atoms with Crippen molar-refractivity contribution in [3.05, 3.63) is 71.1 Å². The summed E-state index contributed by atoms with van der Waals surface area (Å²) >= 11 is 0. The zero-order chi connectivity index (χ0) is 21.5. The van der Waals surface area contributed by atoms with Crippen LogP contribution in [0.1, 0.15) is 46.1 Å². The monoisotopic (exact) mass is 410 g/mol. The van der Waals surface area contributed by atoms with Crippen LogP contribution in [0, 0.1) is 11.2 Å². The minimum absolute atomic E-state index is 0.218. The zero-order valence-corrected chi connectivity index (χ0v) is 17.1. The number of amides is 1. The van der Waals surface area contributed by atoms with Crippen LogP contribution < -0.4 is 0 Å². The molecule has 0 saturated carbocycles. The molecule has 0 saturated heterocycles. The third-order valence-corrected chi connectivity index (χ3v) is 5.27. The number of benzene rings is 1. The second-order valence-corrected chi connectivity index (χ2v) is 8.26. The Hall–Kier alpha value is -3.42. The maximum absolute atomic E-state index is 14.4. The van der Waals surface area contributed by atoms with E-state index in [9.17, 15) is 14.0 Å². The largest absolute Gasteiger partial charge is 0.464 e. The van der Waals surface area contributed by atoms with E-state index in [4.69, 9.17) is 4.74 Å². The number of rotatable bonds is 3. The summed E-state index contributed by atoms with van der Waals surface area (Å²) in [6.45, 7) is 4.98. The quantitative estimate of drug-likeness (QED) is 0.672. The number of fused-ring (bicyclic) bond motifs is 1. The average molecular weight is 410 g/mol. The van der Waals surface area contributed by atoms with Crippen LogP contribution in [0.25, 0.3) is 5.69 Å². The maximum atomic E-state index is 14.4. The normalized spacial score (nSPS) is 15.4. The molecule has 0 fully saturated rings. The highest BCUT2D eigenvalue weighted by molar-refractivity contribution is 5.95. The van der Waals surface area contributed by atoms with E-state index in [0.717, 1.165) is 11.3 Å². The lowest BCUT2D eigenvalue weighted by atomic mass is 9.87. The van der Waals surface area contributed by atoms with E-state index in [0.29, 0.717) is 30.9 Å². The molecule has 0 spiro atoms. The Morgan fingerprint density at radius 1 is 1.17 bits per heavy atom. The molecule has 0 aliphatic carbocycles. The van der Waals surface area contributed by atoms with Crippen LogP contribution in [0.3, 0.4) is 0 Å². The number of hydrogen-bond donors (Lipinski definition) is 1. The van der Waals surface area contributed by atoms with Gasteiger partial charge in [0.2, 0.25) is 0 Å². The van der Waals surface area contributed by atoms with Crippen molar-refractivity contribution in [3.8, 4) is 5.69 Å². The number of esters is 1. The highest BCUT2D eigenvalue weighted by atomic mass is 19.1. The number of nitrogens with zero attached hydrogens (tertiary/aromatic N) is 3. The van der Waals surface area contributed by atoms with E-state index in [1.807, 2.05) is 0 Å². The van der Waals surface area contributed by atoms with Crippen LogP contribution in [-0.4, -0.2) is 45.2 Å². The Labute approximate surface area is 173 Å². The van der Waals surface area contributed by atoms with Gasteiger partial charge in [0.25, 0.3) is 5.91 Å². The summed E-state index contributed by atoms with van der Waals surface area (Å²) in [5.41, 5.74) is 2.43. The number of nitrogens with one attached hydrogen (secondary N) is 1. The van der Waals surface area contributed by atoms with Gasteiger partial charge in [0.05, 0.1) is 13.3 Å². The van der Waals surface area contributed by atoms with Crippen LogP contribution in [-0.2, 0) is 17.7 Å². The first-order valence-electron chi connectivity index (χ1n) is 9.66. The molecule has 30 heavy (non-hydrogen) atoms. The number of carbonyl (C=O) groups is 2. The molecule has 7 nitrogen and oxygen atoms in total. The number of aromatic nitrogens is 3. The Balaban J connectivity index is 1.68. The molecular weight excluding hydrogens is 387 g/mol. The maximum Gasteiger partial charge on any atom is 0.354 e. The number of ether oxygens (including phenoxy) is 1. The molecule has 1 aromatic carbocycles. The van der Waals surface area contributed by atoms with E-state index >= 15 is 0 Å². The molecule has 1 amide bonds. The van der Waals surface area contributed by atoms with Gasteiger partial charge in [-0.15, -0.1) is 0 Å². The van der Waals surface area contributed by atoms with Gasteiger partial charge in [-0.05, 0) is 36.1 Å². The molecule has 0 bridgehead atoms. The molecule has 0 atom stereocenters. The standard InChI is InChI=1S/C22H23FN4O3/c1-22(2)10-19-14(11-24-27(19)18-7-5-4-6-15(18)23)12-26(13-22)20(28)16-8-9-17(25-16)21(29)30-3/h4-9,11,25H,10,12-13H2,1-3H3. The molecule has 156 valence electrons. The minimum atomic E-state index is -0.529. The van der Waals surface area contributed by atoms with Crippen molar-refractivity contribution < 1.29 is 18.7 Å². The number of methoxy groups -OCH3 is 1. The van der Waals surface area contributed by atoms with Gasteiger partial charge >= 0.3 is 5.97 Å². The smallest absolute Gasteiger partial charge is 0.354 e. The topological polar surface area (TPSA) is 80.2 Å². The van der Waals surface area contributed by atoms with Crippen molar-refractivity contribution >= 4 is 11.9 Å². The molecule has 8 heteroatoms. The lowest BCUT2D eigenvalue weighted by Crippen LogP contribution is -2.37. The summed E-state index contributed by atoms with van der Waals surface area (Å²) < 4.78 is 20.7. The van der Waals surface area contributed by atoms with Crippen LogP contribution >= 0.6 is 0 Å². The van der Waals surface area contributed by atoms with Crippen molar-refractivity contribution in [2.24, 2.45) is 5.41 Å². The molecule has 1 aliphatic rings. The third-order valence-electron chi connectivity index (χ3n) is 5.27. The SMILES string of the molecule is COC(=O)c1ccc(C(=O)N2Cc3cnn(-c4ccccc4F)c3CC(C)(C)C2)[nH]1. The Kier molecular flexibility index (Phi) is 4.93. The van der Waals surface area contributed by atoms with Crippen molar-refractivity contribution in [3.63, 3.8) is 0 Å². The molecule has 0 radical (unpaired) electrons. The van der Waals surface area contributed by atoms with Crippen LogP contribution in [0.4, 0.5) is 4.39 Å². The van der Waals surface area contributed by atoms with E-state index < -0.39 is 5.97 Å². The lowest BCUT2D eigenvalue weighted by Gasteiger charge is -2.29. The summed E-state index contributed by atoms with van der Waals surface area (Å²) in [5, 5.41) is 4.41. The van der Waals surface area contributed by atoms with Gasteiger partial charge in [0.15, 0.2) is 0 Å². The van der Waals surface area contributed by atoms with Gasteiger partial charge in [-0.3, -0.25) is 4.79 Å². The van der Waals surface area contributed by atoms with Crippen LogP contribution in [0.2, 0.25) is 0 Å². The first-order valence-corrected chi connectivity index (χ1v) is 9.66. The van der Waals surface area contributed by atoms with Gasteiger partial charge < -0.3 is 14.6 Å². The number of H-pyrrole nitrogens is 1. The van der Waals surface area contributed by atoms with E-state index in [1.165, 1.54) is 19.2 Å². The van der Waals surface area contributed by atoms with E-state index in [-0.39, 0.29) is 22.8 Å². The molecule has 0 unspecified atom stereocenters. The third kappa shape index (κ3) is 3.60. The second kappa shape index (κ2) is 7.44. The number of para-hydroxylation sites is 1. The average Bonchev–Trinajstić information content (AvgIpc) is 3.31. The lowest BCUT2D eigenvalue weighted by molar-refractivity contribution is 0.0594. The summed E-state index contributed by atoms with van der Waals surface area (Å²) in [7, 11) is 1.29. The fraction of sp³-hybridized carbons (Fsp3) is 0.318. The minimum Gasteiger partial charge on any atom is -0.464 e. The second-order valence-electron chi connectivity index (χ2n) is 8.26. The molecule has 4 rings (SSSR count). The van der Waals surface area contributed by atoms with Gasteiger partial charge in [-0.25, -0.2) is 13.9 Å². The molecule has 2 aromatic heterocycles.